The largest absolute Gasteiger partial charge is 0.382 e. The van der Waals surface area contributed by atoms with Crippen LogP contribution in [0.2, 0.25) is 0 Å². The highest BCUT2D eigenvalue weighted by molar-refractivity contribution is 6.99. The van der Waals surface area contributed by atoms with Crippen molar-refractivity contribution in [3.8, 4) is 0 Å². The van der Waals surface area contributed by atoms with E-state index in [9.17, 15) is 5.11 Å². The van der Waals surface area contributed by atoms with Crippen molar-refractivity contribution in [2.75, 3.05) is 0 Å². The summed E-state index contributed by atoms with van der Waals surface area (Å²) in [7, 11) is 0. The topological polar surface area (TPSA) is 46.0 Å². The van der Waals surface area contributed by atoms with Crippen molar-refractivity contribution in [3.63, 3.8) is 0 Å². The van der Waals surface area contributed by atoms with E-state index in [-0.39, 0.29) is 0 Å². The molecule has 2 aromatic rings. The number of nitrogens with zero attached hydrogens (tertiary/aromatic N) is 2. The average molecular weight is 220 g/mol. The molecule has 1 atom stereocenters. The molecule has 0 fully saturated rings. The Balaban J connectivity index is 2.29. The second-order valence-electron chi connectivity index (χ2n) is 3.33. The Kier molecular flexibility index (Phi) is 3.08. The highest BCUT2D eigenvalue weighted by atomic mass is 32.1. The zero-order valence-electron chi connectivity index (χ0n) is 8.42. The number of aliphatic hydroxyl groups excluding tert-OH is 1. The van der Waals surface area contributed by atoms with Crippen molar-refractivity contribution in [1.82, 2.24) is 8.75 Å². The summed E-state index contributed by atoms with van der Waals surface area (Å²) in [5.41, 5.74) is 2.71. The predicted molar refractivity (Wildman–Crippen MR) is 59.8 cm³/mol. The van der Waals surface area contributed by atoms with Crippen LogP contribution in [0.4, 0.5) is 0 Å². The molecule has 1 aromatic carbocycles. The van der Waals surface area contributed by atoms with Gasteiger partial charge in [0.05, 0.1) is 17.9 Å². The number of hydrogen-bond donors (Lipinski definition) is 1. The summed E-state index contributed by atoms with van der Waals surface area (Å²) in [6.07, 6.45) is 1.92. The first-order valence-corrected chi connectivity index (χ1v) is 5.58. The van der Waals surface area contributed by atoms with Gasteiger partial charge in [0.1, 0.15) is 11.8 Å². The van der Waals surface area contributed by atoms with E-state index in [1.807, 2.05) is 18.2 Å². The van der Waals surface area contributed by atoms with Gasteiger partial charge in [-0.2, -0.15) is 8.75 Å². The normalized spacial score (nSPS) is 12.7. The number of aryl methyl sites for hydroxylation is 1. The van der Waals surface area contributed by atoms with Crippen LogP contribution in [0, 0.1) is 0 Å². The Labute approximate surface area is 92.7 Å². The van der Waals surface area contributed by atoms with Crippen LogP contribution in [0.25, 0.3) is 0 Å². The molecule has 0 saturated heterocycles. The van der Waals surface area contributed by atoms with Crippen molar-refractivity contribution in [3.05, 3.63) is 47.3 Å². The molecule has 4 heteroatoms. The highest BCUT2D eigenvalue weighted by Crippen LogP contribution is 2.21. The second kappa shape index (κ2) is 4.51. The quantitative estimate of drug-likeness (QED) is 0.862. The molecule has 78 valence electrons. The number of hydrogen-bond acceptors (Lipinski definition) is 4. The van der Waals surface area contributed by atoms with E-state index < -0.39 is 6.10 Å². The third-order valence-electron chi connectivity index (χ3n) is 2.33. The van der Waals surface area contributed by atoms with Gasteiger partial charge in [-0.1, -0.05) is 31.2 Å². The zero-order chi connectivity index (χ0) is 10.7. The van der Waals surface area contributed by atoms with Crippen molar-refractivity contribution < 1.29 is 5.11 Å². The maximum Gasteiger partial charge on any atom is 0.124 e. The van der Waals surface area contributed by atoms with E-state index >= 15 is 0 Å². The monoisotopic (exact) mass is 220 g/mol. The van der Waals surface area contributed by atoms with Gasteiger partial charge >= 0.3 is 0 Å². The number of aromatic nitrogens is 2. The van der Waals surface area contributed by atoms with Crippen LogP contribution in [0.5, 0.6) is 0 Å². The molecule has 0 spiro atoms. The van der Waals surface area contributed by atoms with Crippen molar-refractivity contribution in [1.29, 1.82) is 0 Å². The van der Waals surface area contributed by atoms with E-state index in [2.05, 4.69) is 21.7 Å². The summed E-state index contributed by atoms with van der Waals surface area (Å²) in [4.78, 5) is 0. The lowest BCUT2D eigenvalue weighted by Crippen LogP contribution is -2.00. The van der Waals surface area contributed by atoms with E-state index in [1.54, 1.807) is 6.20 Å². The summed E-state index contributed by atoms with van der Waals surface area (Å²) in [5.74, 6) is 0. The standard InChI is InChI=1S/C11H12N2OS/c1-2-8-4-3-5-9(6-8)11(14)10-7-12-15-13-10/h3-7,11,14H,2H2,1H3. The molecule has 15 heavy (non-hydrogen) atoms. The average Bonchev–Trinajstić information content (AvgIpc) is 2.81. The molecule has 0 radical (unpaired) electrons. The molecule has 3 nitrogen and oxygen atoms in total. The van der Waals surface area contributed by atoms with Gasteiger partial charge in [-0.3, -0.25) is 0 Å². The van der Waals surface area contributed by atoms with E-state index in [4.69, 9.17) is 0 Å². The fraction of sp³-hybridized carbons (Fsp3) is 0.273. The Morgan fingerprint density at radius 1 is 1.47 bits per heavy atom. The van der Waals surface area contributed by atoms with Gasteiger partial charge in [-0.05, 0) is 17.5 Å². The van der Waals surface area contributed by atoms with Gasteiger partial charge in [0, 0.05) is 0 Å². The van der Waals surface area contributed by atoms with E-state index in [1.165, 1.54) is 5.56 Å². The lowest BCUT2D eigenvalue weighted by atomic mass is 10.0. The van der Waals surface area contributed by atoms with Crippen molar-refractivity contribution in [2.45, 2.75) is 19.4 Å². The van der Waals surface area contributed by atoms with E-state index in [0.717, 1.165) is 23.7 Å². The fourth-order valence-electron chi connectivity index (χ4n) is 1.45. The maximum atomic E-state index is 10.0. The van der Waals surface area contributed by atoms with Crippen LogP contribution in [0.15, 0.2) is 30.5 Å². The van der Waals surface area contributed by atoms with Crippen LogP contribution in [-0.2, 0) is 6.42 Å². The molecule has 0 aliphatic carbocycles. The Hall–Kier alpha value is -1.26. The predicted octanol–water partition coefficient (Wildman–Crippen LogP) is 2.18. The lowest BCUT2D eigenvalue weighted by molar-refractivity contribution is 0.216. The first kappa shape index (κ1) is 10.3. The fourth-order valence-corrected chi connectivity index (χ4v) is 1.89. The summed E-state index contributed by atoms with van der Waals surface area (Å²) in [6.45, 7) is 2.09. The van der Waals surface area contributed by atoms with Gasteiger partial charge in [0.25, 0.3) is 0 Å². The van der Waals surface area contributed by atoms with Gasteiger partial charge in [-0.25, -0.2) is 0 Å². The first-order valence-electron chi connectivity index (χ1n) is 4.85. The summed E-state index contributed by atoms with van der Waals surface area (Å²) in [5, 5.41) is 10.0. The van der Waals surface area contributed by atoms with Gasteiger partial charge < -0.3 is 5.11 Å². The van der Waals surface area contributed by atoms with Gasteiger partial charge in [0.2, 0.25) is 0 Å². The molecule has 0 aliphatic heterocycles. The van der Waals surface area contributed by atoms with Crippen LogP contribution in [0.1, 0.15) is 29.8 Å². The maximum absolute atomic E-state index is 10.0. The molecular weight excluding hydrogens is 208 g/mol. The summed E-state index contributed by atoms with van der Waals surface area (Å²) >= 11 is 1.11. The van der Waals surface area contributed by atoms with Crippen LogP contribution in [0.3, 0.4) is 0 Å². The molecule has 0 saturated carbocycles. The van der Waals surface area contributed by atoms with Crippen molar-refractivity contribution >= 4 is 11.7 Å². The lowest BCUT2D eigenvalue weighted by Gasteiger charge is -2.08. The molecule has 0 bridgehead atoms. The third kappa shape index (κ3) is 2.22. The number of aliphatic hydroxyl groups is 1. The molecular formula is C11H12N2OS. The Bertz CT molecular complexity index is 428. The Morgan fingerprint density at radius 3 is 3.00 bits per heavy atom. The number of rotatable bonds is 3. The van der Waals surface area contributed by atoms with Gasteiger partial charge in [0.15, 0.2) is 0 Å². The van der Waals surface area contributed by atoms with Crippen LogP contribution in [-0.4, -0.2) is 13.9 Å². The van der Waals surface area contributed by atoms with Crippen LogP contribution < -0.4 is 0 Å². The molecule has 1 aromatic heterocycles. The minimum absolute atomic E-state index is 0.619. The van der Waals surface area contributed by atoms with E-state index in [0.29, 0.717) is 5.69 Å². The molecule has 0 amide bonds. The molecule has 1 unspecified atom stereocenters. The molecule has 0 aliphatic rings. The second-order valence-corrected chi connectivity index (χ2v) is 3.89. The smallest absolute Gasteiger partial charge is 0.124 e. The van der Waals surface area contributed by atoms with Gasteiger partial charge in [-0.15, -0.1) is 0 Å². The molecule has 1 heterocycles. The highest BCUT2D eigenvalue weighted by Gasteiger charge is 2.12. The van der Waals surface area contributed by atoms with Crippen LogP contribution >= 0.6 is 11.7 Å². The molecule has 2 rings (SSSR count). The minimum Gasteiger partial charge on any atom is -0.382 e. The SMILES string of the molecule is CCc1cccc(C(O)c2cnsn2)c1. The summed E-state index contributed by atoms with van der Waals surface area (Å²) in [6, 6.07) is 7.92. The zero-order valence-corrected chi connectivity index (χ0v) is 9.24. The molecule has 1 N–H and O–H groups in total. The summed E-state index contributed by atoms with van der Waals surface area (Å²) < 4.78 is 7.91. The number of benzene rings is 1. The third-order valence-corrected chi connectivity index (χ3v) is 2.83. The Morgan fingerprint density at radius 2 is 2.33 bits per heavy atom. The minimum atomic E-state index is -0.657. The van der Waals surface area contributed by atoms with Crippen molar-refractivity contribution in [2.24, 2.45) is 0 Å². The first-order chi connectivity index (χ1) is 7.31.